The zero-order valence-electron chi connectivity index (χ0n) is 14.2. The van der Waals surface area contributed by atoms with E-state index in [1.54, 1.807) is 0 Å². The minimum Gasteiger partial charge on any atom is -0.361 e. The monoisotopic (exact) mass is 323 g/mol. The fourth-order valence-electron chi connectivity index (χ4n) is 3.13. The van der Waals surface area contributed by atoms with E-state index < -0.39 is 0 Å². The number of carbonyl (C=O) groups is 1. The normalized spacial score (nSPS) is 14.0. The van der Waals surface area contributed by atoms with Gasteiger partial charge in [0.1, 0.15) is 0 Å². The molecular formula is C20H25N3O. The van der Waals surface area contributed by atoms with Gasteiger partial charge in [-0.3, -0.25) is 4.79 Å². The van der Waals surface area contributed by atoms with Gasteiger partial charge in [-0.2, -0.15) is 0 Å². The van der Waals surface area contributed by atoms with Gasteiger partial charge in [-0.05, 0) is 24.1 Å². The Bertz CT molecular complexity index is 672. The van der Waals surface area contributed by atoms with Crippen LogP contribution >= 0.6 is 0 Å². The summed E-state index contributed by atoms with van der Waals surface area (Å²) in [7, 11) is 0. The number of amides is 1. The van der Waals surface area contributed by atoms with Crippen molar-refractivity contribution in [1.29, 1.82) is 0 Å². The quantitative estimate of drug-likeness (QED) is 0.919. The van der Waals surface area contributed by atoms with Crippen molar-refractivity contribution >= 4 is 11.6 Å². The second-order valence-electron chi connectivity index (χ2n) is 6.12. The SMILES string of the molecule is CCN(Cc1ccccc1)C(=O)CN1CCNCc2ccccc21. The number of benzene rings is 2. The average molecular weight is 323 g/mol. The zero-order chi connectivity index (χ0) is 16.8. The molecular weight excluding hydrogens is 298 g/mol. The summed E-state index contributed by atoms with van der Waals surface area (Å²) in [5.74, 6) is 0.179. The van der Waals surface area contributed by atoms with Crippen LogP contribution in [0, 0.1) is 0 Å². The van der Waals surface area contributed by atoms with Gasteiger partial charge in [-0.25, -0.2) is 0 Å². The molecule has 0 spiro atoms. The van der Waals surface area contributed by atoms with Crippen LogP contribution in [0.1, 0.15) is 18.1 Å². The number of anilines is 1. The molecule has 1 heterocycles. The number of hydrogen-bond acceptors (Lipinski definition) is 3. The fourth-order valence-corrected chi connectivity index (χ4v) is 3.13. The molecule has 0 fully saturated rings. The molecule has 4 nitrogen and oxygen atoms in total. The van der Waals surface area contributed by atoms with Crippen molar-refractivity contribution in [2.75, 3.05) is 31.1 Å². The third-order valence-electron chi connectivity index (χ3n) is 4.48. The van der Waals surface area contributed by atoms with E-state index >= 15 is 0 Å². The summed E-state index contributed by atoms with van der Waals surface area (Å²) in [6.45, 7) is 6.48. The Labute approximate surface area is 144 Å². The maximum atomic E-state index is 12.8. The highest BCUT2D eigenvalue weighted by atomic mass is 16.2. The van der Waals surface area contributed by atoms with E-state index in [1.165, 1.54) is 16.8 Å². The number of hydrogen-bond donors (Lipinski definition) is 1. The first-order valence-corrected chi connectivity index (χ1v) is 8.63. The van der Waals surface area contributed by atoms with E-state index in [2.05, 4.69) is 40.5 Å². The number of carbonyl (C=O) groups excluding carboxylic acids is 1. The molecule has 24 heavy (non-hydrogen) atoms. The summed E-state index contributed by atoms with van der Waals surface area (Å²) in [6, 6.07) is 18.5. The number of fused-ring (bicyclic) bond motifs is 1. The van der Waals surface area contributed by atoms with Crippen LogP contribution in [0.3, 0.4) is 0 Å². The van der Waals surface area contributed by atoms with Gasteiger partial charge in [0.2, 0.25) is 5.91 Å². The van der Waals surface area contributed by atoms with Crippen molar-refractivity contribution in [2.24, 2.45) is 0 Å². The van der Waals surface area contributed by atoms with E-state index in [1.807, 2.05) is 36.1 Å². The number of likely N-dealkylation sites (N-methyl/N-ethyl adjacent to an activating group) is 1. The summed E-state index contributed by atoms with van der Waals surface area (Å²) < 4.78 is 0. The van der Waals surface area contributed by atoms with E-state index in [-0.39, 0.29) is 5.91 Å². The molecule has 0 saturated heterocycles. The molecule has 0 aliphatic carbocycles. The van der Waals surface area contributed by atoms with E-state index in [0.717, 1.165) is 26.2 Å². The van der Waals surface area contributed by atoms with Crippen LogP contribution in [0.2, 0.25) is 0 Å². The summed E-state index contributed by atoms with van der Waals surface area (Å²) in [5, 5.41) is 3.42. The van der Waals surface area contributed by atoms with Crippen LogP contribution in [0.5, 0.6) is 0 Å². The number of rotatable bonds is 5. The van der Waals surface area contributed by atoms with Gasteiger partial charge in [0.05, 0.1) is 6.54 Å². The van der Waals surface area contributed by atoms with Gasteiger partial charge in [0.15, 0.2) is 0 Å². The smallest absolute Gasteiger partial charge is 0.242 e. The Balaban J connectivity index is 1.71. The first-order valence-electron chi connectivity index (χ1n) is 8.63. The molecule has 0 aromatic heterocycles. The summed E-state index contributed by atoms with van der Waals surface area (Å²) in [4.78, 5) is 17.0. The van der Waals surface area contributed by atoms with E-state index in [9.17, 15) is 4.79 Å². The standard InChI is InChI=1S/C20H25N3O/c1-2-22(15-17-8-4-3-5-9-17)20(24)16-23-13-12-21-14-18-10-6-7-11-19(18)23/h3-11,21H,2,12-16H2,1H3. The molecule has 1 amide bonds. The van der Waals surface area contributed by atoms with Crippen molar-refractivity contribution < 1.29 is 4.79 Å². The maximum absolute atomic E-state index is 12.8. The van der Waals surface area contributed by atoms with Crippen LogP contribution in [-0.4, -0.2) is 37.0 Å². The molecule has 0 atom stereocenters. The minimum absolute atomic E-state index is 0.179. The van der Waals surface area contributed by atoms with Gasteiger partial charge in [0.25, 0.3) is 0 Å². The second kappa shape index (κ2) is 7.97. The van der Waals surface area contributed by atoms with E-state index in [0.29, 0.717) is 13.1 Å². The maximum Gasteiger partial charge on any atom is 0.242 e. The van der Waals surface area contributed by atoms with E-state index in [4.69, 9.17) is 0 Å². The van der Waals surface area contributed by atoms with Crippen LogP contribution in [-0.2, 0) is 17.9 Å². The third-order valence-corrected chi connectivity index (χ3v) is 4.48. The Morgan fingerprint density at radius 2 is 1.88 bits per heavy atom. The van der Waals surface area contributed by atoms with Crippen LogP contribution in [0.15, 0.2) is 54.6 Å². The van der Waals surface area contributed by atoms with Crippen LogP contribution < -0.4 is 10.2 Å². The van der Waals surface area contributed by atoms with Crippen molar-refractivity contribution in [1.82, 2.24) is 10.2 Å². The van der Waals surface area contributed by atoms with Crippen LogP contribution in [0.25, 0.3) is 0 Å². The van der Waals surface area contributed by atoms with Crippen molar-refractivity contribution in [2.45, 2.75) is 20.0 Å². The van der Waals surface area contributed by atoms with Gasteiger partial charge < -0.3 is 15.1 Å². The highest BCUT2D eigenvalue weighted by Crippen LogP contribution is 2.22. The van der Waals surface area contributed by atoms with Gasteiger partial charge in [0, 0.05) is 38.4 Å². The third kappa shape index (κ3) is 3.95. The Morgan fingerprint density at radius 1 is 1.12 bits per heavy atom. The van der Waals surface area contributed by atoms with Gasteiger partial charge >= 0.3 is 0 Å². The molecule has 4 heteroatoms. The predicted molar refractivity (Wildman–Crippen MR) is 97.9 cm³/mol. The molecule has 1 aliphatic rings. The summed E-state index contributed by atoms with van der Waals surface area (Å²) in [5.41, 5.74) is 3.60. The molecule has 0 unspecified atom stereocenters. The fraction of sp³-hybridized carbons (Fsp3) is 0.350. The first-order chi connectivity index (χ1) is 11.8. The first kappa shape index (κ1) is 16.5. The highest BCUT2D eigenvalue weighted by molar-refractivity contribution is 5.82. The molecule has 1 aliphatic heterocycles. The molecule has 2 aromatic carbocycles. The predicted octanol–water partition coefficient (Wildman–Crippen LogP) is 2.64. The number of para-hydroxylation sites is 1. The Morgan fingerprint density at radius 3 is 2.67 bits per heavy atom. The second-order valence-corrected chi connectivity index (χ2v) is 6.12. The van der Waals surface area contributed by atoms with Crippen LogP contribution in [0.4, 0.5) is 5.69 Å². The summed E-state index contributed by atoms with van der Waals surface area (Å²) >= 11 is 0. The Kier molecular flexibility index (Phi) is 5.49. The van der Waals surface area contributed by atoms with Crippen molar-refractivity contribution in [3.63, 3.8) is 0 Å². The highest BCUT2D eigenvalue weighted by Gasteiger charge is 2.20. The molecule has 0 bridgehead atoms. The lowest BCUT2D eigenvalue weighted by molar-refractivity contribution is -0.130. The average Bonchev–Trinajstić information content (AvgIpc) is 2.83. The number of nitrogens with zero attached hydrogens (tertiary/aromatic N) is 2. The van der Waals surface area contributed by atoms with Crippen molar-refractivity contribution in [3.8, 4) is 0 Å². The lowest BCUT2D eigenvalue weighted by atomic mass is 10.1. The van der Waals surface area contributed by atoms with Gasteiger partial charge in [-0.15, -0.1) is 0 Å². The lowest BCUT2D eigenvalue weighted by Gasteiger charge is -2.28. The number of nitrogens with one attached hydrogen (secondary N) is 1. The topological polar surface area (TPSA) is 35.6 Å². The zero-order valence-corrected chi connectivity index (χ0v) is 14.2. The molecule has 0 radical (unpaired) electrons. The molecule has 126 valence electrons. The minimum atomic E-state index is 0.179. The molecule has 3 rings (SSSR count). The molecule has 1 N–H and O–H groups in total. The largest absolute Gasteiger partial charge is 0.361 e. The Hall–Kier alpha value is -2.33. The van der Waals surface area contributed by atoms with Gasteiger partial charge in [-0.1, -0.05) is 48.5 Å². The van der Waals surface area contributed by atoms with Crippen molar-refractivity contribution in [3.05, 3.63) is 65.7 Å². The summed E-state index contributed by atoms with van der Waals surface area (Å²) in [6.07, 6.45) is 0. The molecule has 0 saturated carbocycles. The lowest BCUT2D eigenvalue weighted by Crippen LogP contribution is -2.41. The molecule has 2 aromatic rings.